The van der Waals surface area contributed by atoms with Crippen molar-refractivity contribution in [2.75, 3.05) is 13.1 Å². The van der Waals surface area contributed by atoms with Crippen LogP contribution in [0.1, 0.15) is 32.1 Å². The van der Waals surface area contributed by atoms with E-state index < -0.39 is 12.1 Å². The number of hydrogen-bond acceptors (Lipinski definition) is 1. The van der Waals surface area contributed by atoms with Gasteiger partial charge in [0, 0.05) is 23.8 Å². The normalized spacial score (nSPS) is 33.8. The third kappa shape index (κ3) is 3.19. The molecular formula is C12H17BrF3NO. The van der Waals surface area contributed by atoms with E-state index in [9.17, 15) is 18.0 Å². The van der Waals surface area contributed by atoms with E-state index in [4.69, 9.17) is 0 Å². The van der Waals surface area contributed by atoms with Crippen molar-refractivity contribution >= 4 is 21.8 Å². The molecule has 18 heavy (non-hydrogen) atoms. The van der Waals surface area contributed by atoms with Crippen LogP contribution in [0.2, 0.25) is 0 Å². The third-order valence-electron chi connectivity index (χ3n) is 3.98. The highest BCUT2D eigenvalue weighted by atomic mass is 79.9. The van der Waals surface area contributed by atoms with Crippen LogP contribution in [0.5, 0.6) is 0 Å². The molecule has 0 radical (unpaired) electrons. The van der Waals surface area contributed by atoms with Crippen LogP contribution in [0.3, 0.4) is 0 Å². The summed E-state index contributed by atoms with van der Waals surface area (Å²) >= 11 is 3.46. The summed E-state index contributed by atoms with van der Waals surface area (Å²) < 4.78 is 37.6. The number of alkyl halides is 4. The summed E-state index contributed by atoms with van der Waals surface area (Å²) in [5.74, 6) is -1.34. The van der Waals surface area contributed by atoms with Crippen LogP contribution in [0, 0.1) is 11.8 Å². The van der Waals surface area contributed by atoms with Gasteiger partial charge in [-0.25, -0.2) is 0 Å². The Labute approximate surface area is 113 Å². The molecule has 2 rings (SSSR count). The number of hydrogen-bond donors (Lipinski definition) is 0. The molecule has 1 saturated heterocycles. The van der Waals surface area contributed by atoms with Gasteiger partial charge >= 0.3 is 6.18 Å². The lowest BCUT2D eigenvalue weighted by Gasteiger charge is -2.31. The van der Waals surface area contributed by atoms with Gasteiger partial charge < -0.3 is 4.90 Å². The summed E-state index contributed by atoms with van der Waals surface area (Å²) in [6.45, 7) is 1.42. The van der Waals surface area contributed by atoms with Crippen LogP contribution in [0.4, 0.5) is 13.2 Å². The maximum Gasteiger partial charge on any atom is 0.391 e. The van der Waals surface area contributed by atoms with Crippen molar-refractivity contribution in [1.82, 2.24) is 4.90 Å². The fraction of sp³-hybridized carbons (Fsp3) is 0.917. The van der Waals surface area contributed by atoms with E-state index in [0.717, 1.165) is 13.0 Å². The molecule has 2 nitrogen and oxygen atoms in total. The molecule has 1 heterocycles. The van der Waals surface area contributed by atoms with E-state index in [1.807, 2.05) is 0 Å². The molecule has 0 aromatic heterocycles. The Bertz CT molecular complexity index is 313. The zero-order valence-electron chi connectivity index (χ0n) is 10.0. The molecule has 1 amide bonds. The van der Waals surface area contributed by atoms with Gasteiger partial charge in [0.25, 0.3) is 0 Å². The standard InChI is InChI=1S/C12H17BrF3NO/c13-10-5-6-17(7-10)11(18)8-1-3-9(4-2-8)12(14,15)16/h8-10H,1-7H2. The monoisotopic (exact) mass is 327 g/mol. The van der Waals surface area contributed by atoms with Crippen LogP contribution in [-0.2, 0) is 4.79 Å². The van der Waals surface area contributed by atoms with Gasteiger partial charge in [0.2, 0.25) is 5.91 Å². The highest BCUT2D eigenvalue weighted by Gasteiger charge is 2.43. The number of carbonyl (C=O) groups excluding carboxylic acids is 1. The fourth-order valence-electron chi connectivity index (χ4n) is 2.84. The number of halogens is 4. The number of amides is 1. The first kappa shape index (κ1) is 14.2. The Balaban J connectivity index is 1.84. The third-order valence-corrected chi connectivity index (χ3v) is 4.73. The molecule has 104 valence electrons. The molecule has 1 aliphatic carbocycles. The minimum absolute atomic E-state index is 0.0533. The van der Waals surface area contributed by atoms with E-state index in [0.29, 0.717) is 24.2 Å². The molecule has 0 aromatic rings. The molecule has 2 fully saturated rings. The van der Waals surface area contributed by atoms with Crippen molar-refractivity contribution in [2.45, 2.75) is 43.1 Å². The summed E-state index contributed by atoms with van der Waals surface area (Å²) in [7, 11) is 0. The molecule has 1 aliphatic heterocycles. The topological polar surface area (TPSA) is 20.3 Å². The Morgan fingerprint density at radius 2 is 1.72 bits per heavy atom. The van der Waals surface area contributed by atoms with Crippen molar-refractivity contribution in [1.29, 1.82) is 0 Å². The van der Waals surface area contributed by atoms with E-state index in [1.54, 1.807) is 4.90 Å². The van der Waals surface area contributed by atoms with Gasteiger partial charge in [0.1, 0.15) is 0 Å². The van der Waals surface area contributed by atoms with E-state index in [1.165, 1.54) is 0 Å². The van der Waals surface area contributed by atoms with Gasteiger partial charge in [-0.3, -0.25) is 4.79 Å². The summed E-state index contributed by atoms with van der Waals surface area (Å²) in [6, 6.07) is 0. The van der Waals surface area contributed by atoms with Crippen LogP contribution in [0.15, 0.2) is 0 Å². The predicted octanol–water partition coefficient (Wildman–Crippen LogP) is 3.35. The predicted molar refractivity (Wildman–Crippen MR) is 65.4 cm³/mol. The minimum atomic E-state index is -4.09. The lowest BCUT2D eigenvalue weighted by Crippen LogP contribution is -2.38. The molecule has 0 N–H and O–H groups in total. The van der Waals surface area contributed by atoms with Crippen molar-refractivity contribution < 1.29 is 18.0 Å². The SMILES string of the molecule is O=C(C1CCC(C(F)(F)F)CC1)N1CCC(Br)C1. The summed E-state index contributed by atoms with van der Waals surface area (Å²) in [5.41, 5.74) is 0. The van der Waals surface area contributed by atoms with Gasteiger partial charge in [-0.1, -0.05) is 15.9 Å². The van der Waals surface area contributed by atoms with Gasteiger partial charge in [0.05, 0.1) is 5.92 Å². The van der Waals surface area contributed by atoms with Gasteiger partial charge in [0.15, 0.2) is 0 Å². The minimum Gasteiger partial charge on any atom is -0.341 e. The second kappa shape index (κ2) is 5.39. The number of rotatable bonds is 1. The van der Waals surface area contributed by atoms with E-state index >= 15 is 0 Å². The number of nitrogens with zero attached hydrogens (tertiary/aromatic N) is 1. The highest BCUT2D eigenvalue weighted by Crippen LogP contribution is 2.40. The molecule has 1 unspecified atom stereocenters. The van der Waals surface area contributed by atoms with Gasteiger partial charge in [-0.2, -0.15) is 13.2 Å². The maximum atomic E-state index is 12.5. The Morgan fingerprint density at radius 1 is 1.11 bits per heavy atom. The largest absolute Gasteiger partial charge is 0.391 e. The van der Waals surface area contributed by atoms with E-state index in [-0.39, 0.29) is 24.7 Å². The first-order chi connectivity index (χ1) is 8.38. The second-order valence-electron chi connectivity index (χ2n) is 5.26. The van der Waals surface area contributed by atoms with Crippen molar-refractivity contribution in [3.63, 3.8) is 0 Å². The van der Waals surface area contributed by atoms with Crippen LogP contribution in [0.25, 0.3) is 0 Å². The summed E-state index contributed by atoms with van der Waals surface area (Å²) in [4.78, 5) is 14.3. The molecule has 1 saturated carbocycles. The highest BCUT2D eigenvalue weighted by molar-refractivity contribution is 9.09. The summed E-state index contributed by atoms with van der Waals surface area (Å²) in [6.07, 6.45) is -2.19. The fourth-order valence-corrected chi connectivity index (χ4v) is 3.40. The van der Waals surface area contributed by atoms with Gasteiger partial charge in [-0.05, 0) is 32.1 Å². The molecule has 0 aromatic carbocycles. The Morgan fingerprint density at radius 3 is 2.17 bits per heavy atom. The van der Waals surface area contributed by atoms with Crippen molar-refractivity contribution in [2.24, 2.45) is 11.8 Å². The van der Waals surface area contributed by atoms with Crippen LogP contribution in [-0.4, -0.2) is 34.9 Å². The lowest BCUT2D eigenvalue weighted by atomic mass is 9.81. The van der Waals surface area contributed by atoms with Crippen LogP contribution >= 0.6 is 15.9 Å². The first-order valence-electron chi connectivity index (χ1n) is 6.37. The molecule has 6 heteroatoms. The lowest BCUT2D eigenvalue weighted by molar-refractivity contribution is -0.185. The van der Waals surface area contributed by atoms with Gasteiger partial charge in [-0.15, -0.1) is 0 Å². The van der Waals surface area contributed by atoms with Crippen molar-refractivity contribution in [3.05, 3.63) is 0 Å². The maximum absolute atomic E-state index is 12.5. The summed E-state index contributed by atoms with van der Waals surface area (Å²) in [5, 5.41) is 0. The first-order valence-corrected chi connectivity index (χ1v) is 7.29. The molecule has 1 atom stereocenters. The average molecular weight is 328 g/mol. The number of carbonyl (C=O) groups is 1. The zero-order chi connectivity index (χ0) is 13.3. The molecule has 0 bridgehead atoms. The van der Waals surface area contributed by atoms with Crippen LogP contribution < -0.4 is 0 Å². The Hall–Kier alpha value is -0.260. The Kier molecular flexibility index (Phi) is 4.24. The number of likely N-dealkylation sites (tertiary alicyclic amines) is 1. The zero-order valence-corrected chi connectivity index (χ0v) is 11.6. The smallest absolute Gasteiger partial charge is 0.341 e. The molecule has 0 spiro atoms. The molecule has 2 aliphatic rings. The van der Waals surface area contributed by atoms with Crippen molar-refractivity contribution in [3.8, 4) is 0 Å². The quantitative estimate of drug-likeness (QED) is 0.676. The second-order valence-corrected chi connectivity index (χ2v) is 6.56. The average Bonchev–Trinajstić information content (AvgIpc) is 2.74. The molecular weight excluding hydrogens is 311 g/mol. The van der Waals surface area contributed by atoms with E-state index in [2.05, 4.69) is 15.9 Å².